The predicted octanol–water partition coefficient (Wildman–Crippen LogP) is 3.30. The van der Waals surface area contributed by atoms with Crippen molar-refractivity contribution >= 4 is 29.9 Å². The molecular weight excluding hydrogens is 456 g/mol. The molecule has 1 heterocycles. The first kappa shape index (κ1) is 23.0. The molecule has 0 radical (unpaired) electrons. The molecule has 1 aromatic rings. The second-order valence-electron chi connectivity index (χ2n) is 6.45. The molecule has 0 bridgehead atoms. The summed E-state index contributed by atoms with van der Waals surface area (Å²) in [6, 6.07) is 7.00. The molecule has 0 spiro atoms. The third kappa shape index (κ3) is 6.61. The fourth-order valence-electron chi connectivity index (χ4n) is 2.93. The Labute approximate surface area is 170 Å². The number of hydrogen-bond donors (Lipinski definition) is 1. The molecule has 4 nitrogen and oxygen atoms in total. The van der Waals surface area contributed by atoms with Crippen molar-refractivity contribution in [2.24, 2.45) is 4.99 Å². The van der Waals surface area contributed by atoms with E-state index in [4.69, 9.17) is 0 Å². The van der Waals surface area contributed by atoms with E-state index < -0.39 is 12.2 Å². The minimum Gasteiger partial charge on any atom is -0.356 e. The van der Waals surface area contributed by atoms with E-state index >= 15 is 0 Å². The molecule has 0 saturated carbocycles. The summed E-state index contributed by atoms with van der Waals surface area (Å²) >= 11 is 0. The van der Waals surface area contributed by atoms with Crippen LogP contribution in [0.1, 0.15) is 18.1 Å². The van der Waals surface area contributed by atoms with Crippen LogP contribution in [-0.4, -0.2) is 67.7 Å². The third-order valence-electron chi connectivity index (χ3n) is 4.66. The highest BCUT2D eigenvalue weighted by atomic mass is 127. The molecular formula is C18H28F3IN4. The van der Waals surface area contributed by atoms with Gasteiger partial charge in [0.25, 0.3) is 0 Å². The van der Waals surface area contributed by atoms with Gasteiger partial charge in [-0.25, -0.2) is 0 Å². The fourth-order valence-corrected chi connectivity index (χ4v) is 2.93. The molecule has 1 atom stereocenters. The first-order valence-electron chi connectivity index (χ1n) is 8.63. The summed E-state index contributed by atoms with van der Waals surface area (Å²) in [6.45, 7) is 5.90. The van der Waals surface area contributed by atoms with Crippen LogP contribution in [0.4, 0.5) is 13.2 Å². The van der Waals surface area contributed by atoms with Crippen LogP contribution in [0.3, 0.4) is 0 Å². The second-order valence-corrected chi connectivity index (χ2v) is 6.45. The minimum absolute atomic E-state index is 0. The van der Waals surface area contributed by atoms with Crippen molar-refractivity contribution in [1.29, 1.82) is 0 Å². The Morgan fingerprint density at radius 1 is 1.15 bits per heavy atom. The Morgan fingerprint density at radius 3 is 2.23 bits per heavy atom. The van der Waals surface area contributed by atoms with Crippen LogP contribution in [0, 0.1) is 6.92 Å². The number of halogens is 4. The highest BCUT2D eigenvalue weighted by molar-refractivity contribution is 14.0. The lowest BCUT2D eigenvalue weighted by Gasteiger charge is -2.39. The first-order valence-corrected chi connectivity index (χ1v) is 8.63. The van der Waals surface area contributed by atoms with Crippen LogP contribution < -0.4 is 5.32 Å². The van der Waals surface area contributed by atoms with Crippen LogP contribution in [0.25, 0.3) is 0 Å². The van der Waals surface area contributed by atoms with Gasteiger partial charge in [-0.3, -0.25) is 9.89 Å². The van der Waals surface area contributed by atoms with Crippen molar-refractivity contribution < 1.29 is 13.2 Å². The number of hydrogen-bond acceptors (Lipinski definition) is 2. The second kappa shape index (κ2) is 10.3. The van der Waals surface area contributed by atoms with Crippen LogP contribution >= 0.6 is 24.0 Å². The highest BCUT2D eigenvalue weighted by Gasteiger charge is 2.41. The Balaban J connectivity index is 0.00000338. The molecule has 1 aromatic carbocycles. The number of alkyl halides is 3. The Bertz CT molecular complexity index is 567. The standard InChI is InChI=1S/C18H27F3N4.HI/c1-14-4-6-16(7-5-14)8-9-23-17(22-3)25-12-10-24(11-13-25)15(2)18(19,20)21;/h4-7,15H,8-13H2,1-3H3,(H,22,23);1H. The maximum absolute atomic E-state index is 12.8. The number of piperazine rings is 1. The fraction of sp³-hybridized carbons (Fsp3) is 0.611. The van der Waals surface area contributed by atoms with Gasteiger partial charge in [0, 0.05) is 39.8 Å². The van der Waals surface area contributed by atoms with Gasteiger partial charge in [0.15, 0.2) is 5.96 Å². The van der Waals surface area contributed by atoms with Crippen molar-refractivity contribution in [2.45, 2.75) is 32.5 Å². The maximum Gasteiger partial charge on any atom is 0.403 e. The summed E-state index contributed by atoms with van der Waals surface area (Å²) < 4.78 is 38.5. The molecule has 2 rings (SSSR count). The SMILES string of the molecule is CN=C(NCCc1ccc(C)cc1)N1CCN(C(C)C(F)(F)F)CC1.I. The van der Waals surface area contributed by atoms with Crippen molar-refractivity contribution in [3.05, 3.63) is 35.4 Å². The lowest BCUT2D eigenvalue weighted by atomic mass is 10.1. The average Bonchev–Trinajstić information content (AvgIpc) is 2.59. The van der Waals surface area contributed by atoms with E-state index in [1.165, 1.54) is 23.0 Å². The lowest BCUT2D eigenvalue weighted by Crippen LogP contribution is -2.56. The minimum atomic E-state index is -4.17. The summed E-state index contributed by atoms with van der Waals surface area (Å²) in [4.78, 5) is 7.77. The van der Waals surface area contributed by atoms with E-state index in [0.717, 1.165) is 18.9 Å². The normalized spacial score (nSPS) is 17.6. The zero-order valence-corrected chi connectivity index (χ0v) is 17.8. The molecule has 1 aliphatic rings. The number of aryl methyl sites for hydroxylation is 1. The van der Waals surface area contributed by atoms with Gasteiger partial charge in [0.05, 0.1) is 0 Å². The van der Waals surface area contributed by atoms with Gasteiger partial charge in [0.2, 0.25) is 0 Å². The molecule has 0 aliphatic carbocycles. The molecule has 1 aliphatic heterocycles. The number of aliphatic imine (C=N–C) groups is 1. The molecule has 0 aromatic heterocycles. The summed E-state index contributed by atoms with van der Waals surface area (Å²) in [6.07, 6.45) is -3.29. The Hall–Kier alpha value is -1.03. The van der Waals surface area contributed by atoms with Crippen molar-refractivity contribution in [3.8, 4) is 0 Å². The van der Waals surface area contributed by atoms with E-state index in [-0.39, 0.29) is 24.0 Å². The number of nitrogens with zero attached hydrogens (tertiary/aromatic N) is 3. The van der Waals surface area contributed by atoms with Crippen molar-refractivity contribution in [3.63, 3.8) is 0 Å². The Morgan fingerprint density at radius 2 is 1.73 bits per heavy atom. The number of guanidine groups is 1. The molecule has 1 saturated heterocycles. The first-order chi connectivity index (χ1) is 11.8. The van der Waals surface area contributed by atoms with Gasteiger partial charge < -0.3 is 10.2 Å². The molecule has 8 heteroatoms. The van der Waals surface area contributed by atoms with E-state index in [1.807, 2.05) is 4.90 Å². The van der Waals surface area contributed by atoms with Crippen LogP contribution in [0.15, 0.2) is 29.3 Å². The quantitative estimate of drug-likeness (QED) is 0.405. The molecule has 1 unspecified atom stereocenters. The summed E-state index contributed by atoms with van der Waals surface area (Å²) in [5.74, 6) is 0.756. The third-order valence-corrected chi connectivity index (χ3v) is 4.66. The molecule has 0 amide bonds. The zero-order chi connectivity index (χ0) is 18.4. The number of benzene rings is 1. The van der Waals surface area contributed by atoms with E-state index in [0.29, 0.717) is 26.2 Å². The average molecular weight is 484 g/mol. The molecule has 1 fully saturated rings. The van der Waals surface area contributed by atoms with Gasteiger partial charge >= 0.3 is 6.18 Å². The zero-order valence-electron chi connectivity index (χ0n) is 15.5. The van der Waals surface area contributed by atoms with E-state index in [1.54, 1.807) is 7.05 Å². The van der Waals surface area contributed by atoms with Crippen molar-refractivity contribution in [1.82, 2.24) is 15.1 Å². The van der Waals surface area contributed by atoms with Crippen LogP contribution in [-0.2, 0) is 6.42 Å². The monoisotopic (exact) mass is 484 g/mol. The van der Waals surface area contributed by atoms with Gasteiger partial charge in [0.1, 0.15) is 6.04 Å². The number of nitrogens with one attached hydrogen (secondary N) is 1. The van der Waals surface area contributed by atoms with E-state index in [2.05, 4.69) is 41.5 Å². The Kier molecular flexibility index (Phi) is 9.15. The summed E-state index contributed by atoms with van der Waals surface area (Å²) in [5, 5.41) is 3.31. The predicted molar refractivity (Wildman–Crippen MR) is 110 cm³/mol. The van der Waals surface area contributed by atoms with Gasteiger partial charge in [-0.2, -0.15) is 13.2 Å². The van der Waals surface area contributed by atoms with E-state index in [9.17, 15) is 13.2 Å². The molecule has 148 valence electrons. The summed E-state index contributed by atoms with van der Waals surface area (Å²) in [7, 11) is 1.71. The van der Waals surface area contributed by atoms with Crippen LogP contribution in [0.5, 0.6) is 0 Å². The molecule has 1 N–H and O–H groups in total. The van der Waals surface area contributed by atoms with Crippen LogP contribution in [0.2, 0.25) is 0 Å². The highest BCUT2D eigenvalue weighted by Crippen LogP contribution is 2.25. The van der Waals surface area contributed by atoms with Gasteiger partial charge in [-0.1, -0.05) is 29.8 Å². The number of rotatable bonds is 4. The lowest BCUT2D eigenvalue weighted by molar-refractivity contribution is -0.181. The van der Waals surface area contributed by atoms with Crippen molar-refractivity contribution in [2.75, 3.05) is 39.8 Å². The largest absolute Gasteiger partial charge is 0.403 e. The van der Waals surface area contributed by atoms with Gasteiger partial charge in [-0.05, 0) is 25.8 Å². The summed E-state index contributed by atoms with van der Waals surface area (Å²) in [5.41, 5.74) is 2.48. The smallest absolute Gasteiger partial charge is 0.356 e. The van der Waals surface area contributed by atoms with Gasteiger partial charge in [-0.15, -0.1) is 24.0 Å². The molecule has 26 heavy (non-hydrogen) atoms. The topological polar surface area (TPSA) is 30.9 Å². The maximum atomic E-state index is 12.8.